The van der Waals surface area contributed by atoms with Crippen molar-refractivity contribution in [2.24, 2.45) is 4.99 Å². The van der Waals surface area contributed by atoms with E-state index < -0.39 is 0 Å². The SMILES string of the molecule is C=Cn1cnnc1/N=C\C. The van der Waals surface area contributed by atoms with Gasteiger partial charge in [-0.2, -0.15) is 0 Å². The van der Waals surface area contributed by atoms with E-state index in [4.69, 9.17) is 0 Å². The van der Waals surface area contributed by atoms with Gasteiger partial charge in [-0.3, -0.25) is 4.57 Å². The van der Waals surface area contributed by atoms with Crippen LogP contribution in [0.1, 0.15) is 6.92 Å². The van der Waals surface area contributed by atoms with Gasteiger partial charge in [0.1, 0.15) is 6.33 Å². The molecule has 0 saturated heterocycles. The van der Waals surface area contributed by atoms with Crippen LogP contribution < -0.4 is 0 Å². The van der Waals surface area contributed by atoms with Crippen LogP contribution in [-0.4, -0.2) is 21.0 Å². The third-order valence-corrected chi connectivity index (χ3v) is 0.995. The van der Waals surface area contributed by atoms with Gasteiger partial charge in [-0.25, -0.2) is 4.99 Å². The highest BCUT2D eigenvalue weighted by atomic mass is 15.3. The smallest absolute Gasteiger partial charge is 0.254 e. The standard InChI is InChI=1S/C6H8N4/c1-3-7-6-9-8-5-10(6)4-2/h3-5H,2H2,1H3/b7-3-. The number of aliphatic imine (C=N–C) groups is 1. The van der Waals surface area contributed by atoms with Crippen LogP contribution >= 0.6 is 0 Å². The van der Waals surface area contributed by atoms with Crippen LogP contribution in [0.4, 0.5) is 5.95 Å². The molecule has 0 radical (unpaired) electrons. The summed E-state index contributed by atoms with van der Waals surface area (Å²) in [6, 6.07) is 0. The van der Waals surface area contributed by atoms with Crippen molar-refractivity contribution in [3.05, 3.63) is 12.9 Å². The van der Waals surface area contributed by atoms with Gasteiger partial charge < -0.3 is 0 Å². The first-order valence-corrected chi connectivity index (χ1v) is 2.89. The average Bonchev–Trinajstić information content (AvgIpc) is 2.36. The maximum absolute atomic E-state index is 3.93. The Morgan fingerprint density at radius 1 is 1.80 bits per heavy atom. The molecule has 1 rings (SSSR count). The summed E-state index contributed by atoms with van der Waals surface area (Å²) >= 11 is 0. The molecule has 0 aromatic carbocycles. The van der Waals surface area contributed by atoms with E-state index in [2.05, 4.69) is 21.8 Å². The molecular formula is C6H8N4. The lowest BCUT2D eigenvalue weighted by molar-refractivity contribution is 1.08. The molecule has 0 spiro atoms. The summed E-state index contributed by atoms with van der Waals surface area (Å²) in [5.41, 5.74) is 0. The molecule has 0 saturated carbocycles. The van der Waals surface area contributed by atoms with Crippen molar-refractivity contribution in [1.82, 2.24) is 14.8 Å². The highest BCUT2D eigenvalue weighted by Gasteiger charge is 1.94. The van der Waals surface area contributed by atoms with Crippen molar-refractivity contribution in [1.29, 1.82) is 0 Å². The van der Waals surface area contributed by atoms with Crippen LogP contribution in [0.25, 0.3) is 6.20 Å². The first kappa shape index (κ1) is 6.67. The van der Waals surface area contributed by atoms with E-state index in [1.165, 1.54) is 0 Å². The van der Waals surface area contributed by atoms with Crippen LogP contribution in [-0.2, 0) is 0 Å². The van der Waals surface area contributed by atoms with Crippen LogP contribution in [0, 0.1) is 0 Å². The molecule has 0 aliphatic carbocycles. The number of nitrogens with zero attached hydrogens (tertiary/aromatic N) is 4. The van der Waals surface area contributed by atoms with Crippen LogP contribution in [0.5, 0.6) is 0 Å². The summed E-state index contributed by atoms with van der Waals surface area (Å²) in [4.78, 5) is 3.93. The van der Waals surface area contributed by atoms with Gasteiger partial charge >= 0.3 is 0 Å². The molecule has 1 aromatic rings. The Bertz CT molecular complexity index is 248. The van der Waals surface area contributed by atoms with Gasteiger partial charge in [-0.05, 0) is 6.92 Å². The molecule has 52 valence electrons. The lowest BCUT2D eigenvalue weighted by atomic mass is 10.8. The van der Waals surface area contributed by atoms with E-state index in [1.54, 1.807) is 23.3 Å². The Morgan fingerprint density at radius 2 is 2.60 bits per heavy atom. The third-order valence-electron chi connectivity index (χ3n) is 0.995. The minimum absolute atomic E-state index is 0.553. The molecule has 0 bridgehead atoms. The normalized spacial score (nSPS) is 10.5. The molecule has 10 heavy (non-hydrogen) atoms. The molecule has 0 fully saturated rings. The van der Waals surface area contributed by atoms with Gasteiger partial charge in [0.25, 0.3) is 5.95 Å². The van der Waals surface area contributed by atoms with E-state index in [0.717, 1.165) is 0 Å². The monoisotopic (exact) mass is 136 g/mol. The number of aromatic nitrogens is 3. The van der Waals surface area contributed by atoms with Crippen LogP contribution in [0.15, 0.2) is 17.9 Å². The van der Waals surface area contributed by atoms with Gasteiger partial charge in [0.2, 0.25) is 0 Å². The van der Waals surface area contributed by atoms with Gasteiger partial charge in [0.05, 0.1) is 0 Å². The molecule has 0 N–H and O–H groups in total. The largest absolute Gasteiger partial charge is 0.274 e. The molecule has 4 heteroatoms. The van der Waals surface area contributed by atoms with E-state index in [0.29, 0.717) is 5.95 Å². The van der Waals surface area contributed by atoms with Crippen LogP contribution in [0.2, 0.25) is 0 Å². The molecule has 0 aliphatic rings. The van der Waals surface area contributed by atoms with E-state index in [-0.39, 0.29) is 0 Å². The zero-order chi connectivity index (χ0) is 7.40. The summed E-state index contributed by atoms with van der Waals surface area (Å²) in [6.07, 6.45) is 4.81. The topological polar surface area (TPSA) is 43.1 Å². The van der Waals surface area contributed by atoms with E-state index in [9.17, 15) is 0 Å². The molecule has 1 aromatic heterocycles. The Morgan fingerprint density at radius 3 is 3.20 bits per heavy atom. The molecule has 0 amide bonds. The lowest BCUT2D eigenvalue weighted by Gasteiger charge is -1.89. The van der Waals surface area contributed by atoms with Crippen LogP contribution in [0.3, 0.4) is 0 Å². The minimum atomic E-state index is 0.553. The molecule has 4 nitrogen and oxygen atoms in total. The number of hydrogen-bond donors (Lipinski definition) is 0. The number of rotatable bonds is 2. The van der Waals surface area contributed by atoms with Crippen molar-refractivity contribution < 1.29 is 0 Å². The van der Waals surface area contributed by atoms with Crippen molar-refractivity contribution in [3.8, 4) is 0 Å². The summed E-state index contributed by atoms with van der Waals surface area (Å²) in [5, 5.41) is 7.36. The quantitative estimate of drug-likeness (QED) is 0.571. The first-order valence-electron chi connectivity index (χ1n) is 2.89. The Hall–Kier alpha value is -1.45. The second-order valence-electron chi connectivity index (χ2n) is 1.61. The average molecular weight is 136 g/mol. The summed E-state index contributed by atoms with van der Waals surface area (Å²) in [6.45, 7) is 5.38. The highest BCUT2D eigenvalue weighted by Crippen LogP contribution is 2.04. The number of hydrogen-bond acceptors (Lipinski definition) is 3. The second-order valence-corrected chi connectivity index (χ2v) is 1.61. The first-order chi connectivity index (χ1) is 4.88. The second kappa shape index (κ2) is 2.91. The fraction of sp³-hybridized carbons (Fsp3) is 0.167. The summed E-state index contributed by atoms with van der Waals surface area (Å²) in [5.74, 6) is 0.553. The third kappa shape index (κ3) is 1.10. The zero-order valence-electron chi connectivity index (χ0n) is 5.73. The fourth-order valence-electron chi connectivity index (χ4n) is 0.573. The van der Waals surface area contributed by atoms with Crippen molar-refractivity contribution in [2.75, 3.05) is 0 Å². The van der Waals surface area contributed by atoms with E-state index in [1.807, 2.05) is 6.92 Å². The Labute approximate surface area is 58.9 Å². The molecule has 0 atom stereocenters. The van der Waals surface area contributed by atoms with Crippen molar-refractivity contribution in [3.63, 3.8) is 0 Å². The predicted octanol–water partition coefficient (Wildman–Crippen LogP) is 1.10. The van der Waals surface area contributed by atoms with Gasteiger partial charge in [-0.1, -0.05) is 6.58 Å². The minimum Gasteiger partial charge on any atom is -0.274 e. The zero-order valence-corrected chi connectivity index (χ0v) is 5.73. The van der Waals surface area contributed by atoms with Gasteiger partial charge in [-0.15, -0.1) is 10.2 Å². The molecule has 1 heterocycles. The Balaban J connectivity index is 3.00. The summed E-state index contributed by atoms with van der Waals surface area (Å²) < 4.78 is 1.64. The molecule has 0 aliphatic heterocycles. The Kier molecular flexibility index (Phi) is 1.94. The van der Waals surface area contributed by atoms with Gasteiger partial charge in [0, 0.05) is 12.4 Å². The molecular weight excluding hydrogens is 128 g/mol. The van der Waals surface area contributed by atoms with Crippen molar-refractivity contribution >= 4 is 18.4 Å². The lowest BCUT2D eigenvalue weighted by Crippen LogP contribution is -1.80. The van der Waals surface area contributed by atoms with E-state index >= 15 is 0 Å². The van der Waals surface area contributed by atoms with Gasteiger partial charge in [0.15, 0.2) is 0 Å². The van der Waals surface area contributed by atoms with Crippen molar-refractivity contribution in [2.45, 2.75) is 6.92 Å². The predicted molar refractivity (Wildman–Crippen MR) is 40.2 cm³/mol. The fourth-order valence-corrected chi connectivity index (χ4v) is 0.573. The highest BCUT2D eigenvalue weighted by molar-refractivity contribution is 5.57. The maximum atomic E-state index is 3.93. The maximum Gasteiger partial charge on any atom is 0.254 e. The molecule has 0 unspecified atom stereocenters. The summed E-state index contributed by atoms with van der Waals surface area (Å²) in [7, 11) is 0.